The van der Waals surface area contributed by atoms with Gasteiger partial charge in [-0.1, -0.05) is 6.07 Å². The van der Waals surface area contributed by atoms with E-state index in [1.807, 2.05) is 0 Å². The number of aromatic nitrogens is 2. The molecule has 2 aromatic rings. The Bertz CT molecular complexity index is 648. The molecule has 0 N–H and O–H groups in total. The first-order valence-corrected chi connectivity index (χ1v) is 6.98. The number of piperidine rings is 1. The van der Waals surface area contributed by atoms with E-state index < -0.39 is 5.82 Å². The van der Waals surface area contributed by atoms with Crippen LogP contribution in [0.5, 0.6) is 0 Å². The van der Waals surface area contributed by atoms with Crippen molar-refractivity contribution in [3.05, 3.63) is 47.4 Å². The maximum Gasteiger partial charge on any atom is 0.253 e. The average Bonchev–Trinajstić information content (AvgIpc) is 2.93. The monoisotopic (exact) mass is 289 g/mol. The van der Waals surface area contributed by atoms with Gasteiger partial charge in [0.25, 0.3) is 5.91 Å². The van der Waals surface area contributed by atoms with Gasteiger partial charge in [0.1, 0.15) is 5.82 Å². The predicted molar refractivity (Wildman–Crippen MR) is 73.3 cm³/mol. The second kappa shape index (κ2) is 5.63. The van der Waals surface area contributed by atoms with E-state index in [-0.39, 0.29) is 11.8 Å². The maximum absolute atomic E-state index is 13.2. The third kappa shape index (κ3) is 2.94. The van der Waals surface area contributed by atoms with E-state index in [2.05, 4.69) is 10.2 Å². The highest BCUT2D eigenvalue weighted by Crippen LogP contribution is 2.27. The second-order valence-electron chi connectivity index (χ2n) is 5.24. The molecule has 0 spiro atoms. The number of nitrogens with zero attached hydrogens (tertiary/aromatic N) is 3. The molecule has 1 amide bonds. The van der Waals surface area contributed by atoms with Gasteiger partial charge < -0.3 is 9.32 Å². The third-order valence-corrected chi connectivity index (χ3v) is 3.74. The van der Waals surface area contributed by atoms with Crippen LogP contribution in [0.4, 0.5) is 4.39 Å². The Morgan fingerprint density at radius 1 is 1.33 bits per heavy atom. The molecule has 1 aliphatic rings. The molecule has 0 bridgehead atoms. The molecule has 21 heavy (non-hydrogen) atoms. The van der Waals surface area contributed by atoms with Gasteiger partial charge in [0.05, 0.1) is 0 Å². The van der Waals surface area contributed by atoms with Crippen LogP contribution in [0.1, 0.15) is 40.9 Å². The van der Waals surface area contributed by atoms with Crippen LogP contribution >= 0.6 is 0 Å². The van der Waals surface area contributed by atoms with E-state index in [1.54, 1.807) is 24.0 Å². The fraction of sp³-hybridized carbons (Fsp3) is 0.400. The Labute approximate surface area is 121 Å². The van der Waals surface area contributed by atoms with Crippen LogP contribution in [0.15, 0.2) is 28.7 Å². The number of aryl methyl sites for hydroxylation is 1. The van der Waals surface area contributed by atoms with Crippen molar-refractivity contribution in [1.29, 1.82) is 0 Å². The number of hydrogen-bond acceptors (Lipinski definition) is 4. The molecule has 1 saturated heterocycles. The van der Waals surface area contributed by atoms with Crippen molar-refractivity contribution >= 4 is 5.91 Å². The van der Waals surface area contributed by atoms with Gasteiger partial charge in [0, 0.05) is 31.5 Å². The first kappa shape index (κ1) is 13.7. The van der Waals surface area contributed by atoms with Gasteiger partial charge in [0.2, 0.25) is 11.8 Å². The minimum Gasteiger partial charge on any atom is -0.425 e. The molecule has 1 aromatic carbocycles. The van der Waals surface area contributed by atoms with Crippen LogP contribution in [-0.4, -0.2) is 34.1 Å². The van der Waals surface area contributed by atoms with Gasteiger partial charge in [-0.2, -0.15) is 0 Å². The highest BCUT2D eigenvalue weighted by atomic mass is 19.1. The lowest BCUT2D eigenvalue weighted by Gasteiger charge is -2.30. The quantitative estimate of drug-likeness (QED) is 0.852. The summed E-state index contributed by atoms with van der Waals surface area (Å²) in [6.07, 6.45) is 1.56. The van der Waals surface area contributed by atoms with Gasteiger partial charge in [-0.15, -0.1) is 10.2 Å². The summed E-state index contributed by atoms with van der Waals surface area (Å²) >= 11 is 0. The number of rotatable bonds is 2. The van der Waals surface area contributed by atoms with Crippen molar-refractivity contribution in [2.75, 3.05) is 13.1 Å². The Hall–Kier alpha value is -2.24. The molecular weight excluding hydrogens is 273 g/mol. The molecule has 1 fully saturated rings. The summed E-state index contributed by atoms with van der Waals surface area (Å²) < 4.78 is 18.6. The van der Waals surface area contributed by atoms with Crippen LogP contribution in [0.25, 0.3) is 0 Å². The lowest BCUT2D eigenvalue weighted by Crippen LogP contribution is -2.38. The molecule has 5 nitrogen and oxygen atoms in total. The summed E-state index contributed by atoms with van der Waals surface area (Å²) in [5.41, 5.74) is 0.391. The number of carbonyl (C=O) groups is 1. The molecule has 0 saturated carbocycles. The summed E-state index contributed by atoms with van der Waals surface area (Å²) in [6.45, 7) is 2.99. The zero-order valence-electron chi connectivity index (χ0n) is 11.8. The summed E-state index contributed by atoms with van der Waals surface area (Å²) in [5.74, 6) is 0.878. The molecule has 0 aliphatic carbocycles. The van der Waals surface area contributed by atoms with E-state index in [4.69, 9.17) is 4.42 Å². The van der Waals surface area contributed by atoms with Crippen LogP contribution in [0.2, 0.25) is 0 Å². The Morgan fingerprint density at radius 3 is 2.71 bits per heavy atom. The summed E-state index contributed by atoms with van der Waals surface area (Å²) in [6, 6.07) is 5.80. The topological polar surface area (TPSA) is 59.2 Å². The maximum atomic E-state index is 13.2. The van der Waals surface area contributed by atoms with E-state index in [9.17, 15) is 9.18 Å². The lowest BCUT2D eigenvalue weighted by molar-refractivity contribution is 0.0705. The van der Waals surface area contributed by atoms with E-state index >= 15 is 0 Å². The summed E-state index contributed by atoms with van der Waals surface area (Å²) in [5, 5.41) is 7.87. The minimum atomic E-state index is -0.392. The standard InChI is InChI=1S/C15H16FN3O2/c1-10-17-18-14(21-10)11-5-7-19(8-6-11)15(20)12-3-2-4-13(16)9-12/h2-4,9,11H,5-8H2,1H3. The van der Waals surface area contributed by atoms with Crippen LogP contribution in [0, 0.1) is 12.7 Å². The zero-order chi connectivity index (χ0) is 14.8. The Balaban J connectivity index is 1.64. The number of carbonyl (C=O) groups excluding carboxylic acids is 1. The first-order valence-electron chi connectivity index (χ1n) is 6.98. The molecule has 1 aliphatic heterocycles. The van der Waals surface area contributed by atoms with Crippen molar-refractivity contribution in [2.24, 2.45) is 0 Å². The highest BCUT2D eigenvalue weighted by Gasteiger charge is 2.27. The summed E-state index contributed by atoms with van der Waals surface area (Å²) in [4.78, 5) is 14.1. The van der Waals surface area contributed by atoms with Crippen LogP contribution < -0.4 is 0 Å². The highest BCUT2D eigenvalue weighted by molar-refractivity contribution is 5.94. The fourth-order valence-electron chi connectivity index (χ4n) is 2.61. The van der Waals surface area contributed by atoms with Gasteiger partial charge in [-0.05, 0) is 31.0 Å². The Morgan fingerprint density at radius 2 is 2.10 bits per heavy atom. The summed E-state index contributed by atoms with van der Waals surface area (Å²) in [7, 11) is 0. The van der Waals surface area contributed by atoms with Crippen LogP contribution in [-0.2, 0) is 0 Å². The SMILES string of the molecule is Cc1nnc(C2CCN(C(=O)c3cccc(F)c3)CC2)o1. The van der Waals surface area contributed by atoms with Crippen molar-refractivity contribution in [2.45, 2.75) is 25.7 Å². The van der Waals surface area contributed by atoms with Crippen molar-refractivity contribution in [3.63, 3.8) is 0 Å². The van der Waals surface area contributed by atoms with Gasteiger partial charge in [-0.3, -0.25) is 4.79 Å². The number of halogens is 1. The normalized spacial score (nSPS) is 16.2. The largest absolute Gasteiger partial charge is 0.425 e. The Kier molecular flexibility index (Phi) is 3.68. The minimum absolute atomic E-state index is 0.130. The lowest BCUT2D eigenvalue weighted by atomic mass is 9.96. The van der Waals surface area contributed by atoms with Crippen molar-refractivity contribution in [1.82, 2.24) is 15.1 Å². The number of benzene rings is 1. The number of likely N-dealkylation sites (tertiary alicyclic amines) is 1. The smallest absolute Gasteiger partial charge is 0.253 e. The second-order valence-corrected chi connectivity index (χ2v) is 5.24. The predicted octanol–water partition coefficient (Wildman–Crippen LogP) is 2.54. The van der Waals surface area contributed by atoms with Gasteiger partial charge in [0.15, 0.2) is 0 Å². The molecule has 6 heteroatoms. The molecular formula is C15H16FN3O2. The molecule has 0 radical (unpaired) electrons. The molecule has 0 atom stereocenters. The van der Waals surface area contributed by atoms with E-state index in [0.717, 1.165) is 12.8 Å². The first-order chi connectivity index (χ1) is 10.1. The zero-order valence-corrected chi connectivity index (χ0v) is 11.8. The third-order valence-electron chi connectivity index (χ3n) is 3.74. The fourth-order valence-corrected chi connectivity index (χ4v) is 2.61. The molecule has 3 rings (SSSR count). The molecule has 110 valence electrons. The van der Waals surface area contributed by atoms with E-state index in [0.29, 0.717) is 30.4 Å². The average molecular weight is 289 g/mol. The van der Waals surface area contributed by atoms with Crippen molar-refractivity contribution in [3.8, 4) is 0 Å². The molecule has 1 aromatic heterocycles. The van der Waals surface area contributed by atoms with E-state index in [1.165, 1.54) is 12.1 Å². The molecule has 0 unspecified atom stereocenters. The van der Waals surface area contributed by atoms with Crippen LogP contribution in [0.3, 0.4) is 0 Å². The van der Waals surface area contributed by atoms with Crippen molar-refractivity contribution < 1.29 is 13.6 Å². The number of amides is 1. The van der Waals surface area contributed by atoms with Gasteiger partial charge >= 0.3 is 0 Å². The van der Waals surface area contributed by atoms with Gasteiger partial charge in [-0.25, -0.2) is 4.39 Å². The number of hydrogen-bond donors (Lipinski definition) is 0. The molecule has 2 heterocycles.